The Labute approximate surface area is 199 Å². The number of aromatic nitrogens is 2. The van der Waals surface area contributed by atoms with E-state index < -0.39 is 33.5 Å². The number of carbonyl (C=O) groups is 2. The first-order chi connectivity index (χ1) is 16.1. The van der Waals surface area contributed by atoms with Crippen LogP contribution >= 0.6 is 0 Å². The highest BCUT2D eigenvalue weighted by Gasteiger charge is 2.39. The van der Waals surface area contributed by atoms with E-state index in [-0.39, 0.29) is 29.2 Å². The first-order valence-corrected chi connectivity index (χ1v) is 12.5. The van der Waals surface area contributed by atoms with Crippen LogP contribution in [-0.2, 0) is 14.9 Å². The minimum Gasteiger partial charge on any atom is -0.382 e. The van der Waals surface area contributed by atoms with Crippen LogP contribution in [0.2, 0.25) is 0 Å². The number of carbonyl (C=O) groups excluding carboxylic acids is 2. The van der Waals surface area contributed by atoms with Crippen LogP contribution in [0.5, 0.6) is 5.75 Å². The van der Waals surface area contributed by atoms with Gasteiger partial charge in [0.2, 0.25) is 5.95 Å². The normalized spacial score (nSPS) is 19.9. The number of rotatable bonds is 11. The fourth-order valence-corrected chi connectivity index (χ4v) is 4.70. The number of nitrogens with zero attached hydrogens (tertiary/aromatic N) is 2. The Bertz CT molecular complexity index is 1110. The molecule has 4 atom stereocenters. The zero-order valence-electron chi connectivity index (χ0n) is 19.3. The van der Waals surface area contributed by atoms with Gasteiger partial charge in [0, 0.05) is 18.3 Å². The van der Waals surface area contributed by atoms with Crippen LogP contribution in [0, 0.1) is 5.92 Å². The summed E-state index contributed by atoms with van der Waals surface area (Å²) >= 11 is 0. The predicted molar refractivity (Wildman–Crippen MR) is 128 cm³/mol. The largest absolute Gasteiger partial charge is 0.382 e. The van der Waals surface area contributed by atoms with Crippen molar-refractivity contribution in [3.05, 3.63) is 42.1 Å². The third-order valence-corrected chi connectivity index (χ3v) is 7.25. The standard InChI is InChI=1S/C22H30N6O5S/c1-13(2)14(3)25-21-16(20(23)30)11-24-22(28-21)27-19-10-9-17(26-19)18(12-29)34(31,32)33-15-7-5-4-6-8-15/h4-8,11-14,17-19,26H,9-10H2,1-3H3,(H2,23,30)(H2,24,25,27,28)/t14?,17?,18-,19?/m0/s1. The molecule has 0 aliphatic carbocycles. The maximum absolute atomic E-state index is 12.7. The second-order valence-electron chi connectivity index (χ2n) is 8.53. The number of primary amides is 1. The van der Waals surface area contributed by atoms with Gasteiger partial charge in [0.25, 0.3) is 5.91 Å². The minimum atomic E-state index is -4.20. The molecule has 0 saturated carbocycles. The molecule has 34 heavy (non-hydrogen) atoms. The maximum atomic E-state index is 12.7. The Morgan fingerprint density at radius 3 is 2.56 bits per heavy atom. The zero-order chi connectivity index (χ0) is 24.9. The molecule has 3 rings (SSSR count). The van der Waals surface area contributed by atoms with E-state index in [2.05, 4.69) is 25.9 Å². The van der Waals surface area contributed by atoms with Crippen molar-refractivity contribution in [3.8, 4) is 5.75 Å². The summed E-state index contributed by atoms with van der Waals surface area (Å²) < 4.78 is 30.5. The summed E-state index contributed by atoms with van der Waals surface area (Å²) in [6, 6.07) is 7.39. The Hall–Kier alpha value is -3.25. The van der Waals surface area contributed by atoms with Gasteiger partial charge in [-0.1, -0.05) is 32.0 Å². The van der Waals surface area contributed by atoms with Crippen LogP contribution in [0.1, 0.15) is 44.0 Å². The van der Waals surface area contributed by atoms with Crippen molar-refractivity contribution in [2.75, 3.05) is 10.6 Å². The monoisotopic (exact) mass is 490 g/mol. The van der Waals surface area contributed by atoms with E-state index in [1.54, 1.807) is 18.2 Å². The highest BCUT2D eigenvalue weighted by Crippen LogP contribution is 2.23. The molecule has 3 unspecified atom stereocenters. The summed E-state index contributed by atoms with van der Waals surface area (Å²) in [4.78, 5) is 32.0. The van der Waals surface area contributed by atoms with Gasteiger partial charge in [-0.2, -0.15) is 13.4 Å². The van der Waals surface area contributed by atoms with Crippen LogP contribution in [0.25, 0.3) is 0 Å². The van der Waals surface area contributed by atoms with E-state index in [4.69, 9.17) is 9.92 Å². The number of anilines is 2. The molecule has 1 fully saturated rings. The molecule has 5 N–H and O–H groups in total. The lowest BCUT2D eigenvalue weighted by Crippen LogP contribution is -2.47. The maximum Gasteiger partial charge on any atom is 0.320 e. The first kappa shape index (κ1) is 25.4. The molecule has 1 aliphatic heterocycles. The van der Waals surface area contributed by atoms with E-state index in [1.165, 1.54) is 18.3 Å². The highest BCUT2D eigenvalue weighted by molar-refractivity contribution is 7.88. The number of aldehydes is 1. The summed E-state index contributed by atoms with van der Waals surface area (Å²) in [5, 5.41) is 7.98. The fraction of sp³-hybridized carbons (Fsp3) is 0.455. The van der Waals surface area contributed by atoms with Gasteiger partial charge in [0.05, 0.1) is 11.7 Å². The summed E-state index contributed by atoms with van der Waals surface area (Å²) in [5.74, 6) is 0.310. The fourth-order valence-electron chi connectivity index (χ4n) is 3.45. The topological polar surface area (TPSA) is 165 Å². The van der Waals surface area contributed by atoms with Crippen molar-refractivity contribution in [2.45, 2.75) is 57.1 Å². The van der Waals surface area contributed by atoms with E-state index in [0.29, 0.717) is 24.9 Å². The van der Waals surface area contributed by atoms with Crippen molar-refractivity contribution in [1.82, 2.24) is 15.3 Å². The summed E-state index contributed by atoms with van der Waals surface area (Å²) in [7, 11) is -4.20. The molecule has 0 spiro atoms. The molecule has 1 saturated heterocycles. The second kappa shape index (κ2) is 10.8. The smallest absolute Gasteiger partial charge is 0.320 e. The van der Waals surface area contributed by atoms with Crippen LogP contribution in [-0.4, -0.2) is 54.1 Å². The van der Waals surface area contributed by atoms with Crippen LogP contribution < -0.4 is 25.9 Å². The van der Waals surface area contributed by atoms with Gasteiger partial charge in [0.1, 0.15) is 17.9 Å². The average Bonchev–Trinajstić information content (AvgIpc) is 3.22. The number of amides is 1. The third kappa shape index (κ3) is 6.20. The molecular weight excluding hydrogens is 460 g/mol. The Balaban J connectivity index is 1.70. The third-order valence-electron chi connectivity index (χ3n) is 5.72. The van der Waals surface area contributed by atoms with Gasteiger partial charge >= 0.3 is 10.1 Å². The van der Waals surface area contributed by atoms with Crippen LogP contribution in [0.3, 0.4) is 0 Å². The molecule has 1 aliphatic rings. The van der Waals surface area contributed by atoms with Crippen LogP contribution in [0.4, 0.5) is 11.8 Å². The molecule has 1 amide bonds. The summed E-state index contributed by atoms with van der Waals surface area (Å²) in [5.41, 5.74) is 5.62. The molecular formula is C22H30N6O5S. The lowest BCUT2D eigenvalue weighted by Gasteiger charge is -2.22. The van der Waals surface area contributed by atoms with E-state index >= 15 is 0 Å². The molecule has 2 heterocycles. The Morgan fingerprint density at radius 1 is 1.24 bits per heavy atom. The first-order valence-electron chi connectivity index (χ1n) is 11.0. The predicted octanol–water partition coefficient (Wildman–Crippen LogP) is 1.50. The molecule has 184 valence electrons. The number of benzene rings is 1. The zero-order valence-corrected chi connectivity index (χ0v) is 20.1. The van der Waals surface area contributed by atoms with Gasteiger partial charge in [-0.15, -0.1) is 0 Å². The molecule has 0 radical (unpaired) electrons. The number of hydrogen-bond acceptors (Lipinski definition) is 10. The van der Waals surface area contributed by atoms with Crippen molar-refractivity contribution >= 4 is 34.1 Å². The van der Waals surface area contributed by atoms with Gasteiger partial charge in [-0.25, -0.2) is 4.98 Å². The van der Waals surface area contributed by atoms with Crippen molar-refractivity contribution in [1.29, 1.82) is 0 Å². The van der Waals surface area contributed by atoms with Gasteiger partial charge in [-0.3, -0.25) is 10.1 Å². The number of nitrogens with two attached hydrogens (primary N) is 1. The summed E-state index contributed by atoms with van der Waals surface area (Å²) in [6.07, 6.45) is 2.25. The van der Waals surface area contributed by atoms with E-state index in [1.807, 2.05) is 20.8 Å². The van der Waals surface area contributed by atoms with E-state index in [0.717, 1.165) is 0 Å². The number of para-hydroxylation sites is 1. The van der Waals surface area contributed by atoms with Gasteiger partial charge in [0.15, 0.2) is 5.25 Å². The minimum absolute atomic E-state index is 0.0259. The van der Waals surface area contributed by atoms with Crippen molar-refractivity contribution in [2.24, 2.45) is 11.7 Å². The molecule has 0 bridgehead atoms. The average molecular weight is 491 g/mol. The Kier molecular flexibility index (Phi) is 8.05. The second-order valence-corrected chi connectivity index (χ2v) is 10.2. The highest BCUT2D eigenvalue weighted by atomic mass is 32.2. The van der Waals surface area contributed by atoms with E-state index in [9.17, 15) is 18.0 Å². The van der Waals surface area contributed by atoms with Crippen molar-refractivity contribution < 1.29 is 22.2 Å². The number of hydrogen-bond donors (Lipinski definition) is 4. The van der Waals surface area contributed by atoms with Gasteiger partial charge < -0.3 is 25.3 Å². The SMILES string of the molecule is CC(C)C(C)Nc1nc(NC2CCC([C@H](C=O)S(=O)(=O)Oc3ccccc3)N2)ncc1C(N)=O. The molecule has 12 heteroatoms. The summed E-state index contributed by atoms with van der Waals surface area (Å²) in [6.45, 7) is 6.03. The van der Waals surface area contributed by atoms with Gasteiger partial charge in [-0.05, 0) is 37.8 Å². The Morgan fingerprint density at radius 2 is 1.94 bits per heavy atom. The quantitative estimate of drug-likeness (QED) is 0.268. The molecule has 1 aromatic carbocycles. The lowest BCUT2D eigenvalue weighted by atomic mass is 10.1. The van der Waals surface area contributed by atoms with Crippen molar-refractivity contribution in [3.63, 3.8) is 0 Å². The molecule has 1 aromatic heterocycles. The molecule has 2 aromatic rings. The number of nitrogens with one attached hydrogen (secondary N) is 3. The van der Waals surface area contributed by atoms with Crippen LogP contribution in [0.15, 0.2) is 36.5 Å². The lowest BCUT2D eigenvalue weighted by molar-refractivity contribution is -0.108. The molecule has 11 nitrogen and oxygen atoms in total.